The van der Waals surface area contributed by atoms with Crippen LogP contribution in [-0.2, 0) is 0 Å². The summed E-state index contributed by atoms with van der Waals surface area (Å²) in [5, 5.41) is 4.54. The first-order valence-corrected chi connectivity index (χ1v) is 23.0. The highest BCUT2D eigenvalue weighted by Crippen LogP contribution is 2.44. The van der Waals surface area contributed by atoms with Crippen molar-refractivity contribution >= 4 is 43.6 Å². The van der Waals surface area contributed by atoms with Crippen LogP contribution >= 0.6 is 0 Å². The van der Waals surface area contributed by atoms with Crippen LogP contribution in [0.3, 0.4) is 0 Å². The van der Waals surface area contributed by atoms with Crippen LogP contribution in [0, 0.1) is 0 Å². The van der Waals surface area contributed by atoms with E-state index in [2.05, 4.69) is 221 Å². The topological polar surface area (TPSA) is 48.5 Å². The van der Waals surface area contributed by atoms with Crippen molar-refractivity contribution in [2.45, 2.75) is 0 Å². The molecule has 0 spiro atoms. The molecule has 0 radical (unpaired) electrons. The summed E-state index contributed by atoms with van der Waals surface area (Å²) >= 11 is 0. The van der Waals surface area contributed by atoms with Crippen LogP contribution in [-0.4, -0.2) is 24.1 Å². The van der Waals surface area contributed by atoms with Gasteiger partial charge in [0.1, 0.15) is 0 Å². The lowest BCUT2D eigenvalue weighted by Gasteiger charge is -2.17. The molecule has 0 aliphatic rings. The minimum atomic E-state index is 0.554. The van der Waals surface area contributed by atoms with Gasteiger partial charge in [-0.25, -0.2) is 4.98 Å². The van der Waals surface area contributed by atoms with Gasteiger partial charge in [0, 0.05) is 38.4 Å². The number of hydrogen-bond acceptors (Lipinski definition) is 3. The van der Waals surface area contributed by atoms with E-state index in [1.165, 1.54) is 22.3 Å². The molecule has 0 saturated heterocycles. The van der Waals surface area contributed by atoms with Gasteiger partial charge in [0.25, 0.3) is 0 Å². The van der Waals surface area contributed by atoms with Crippen LogP contribution in [0.4, 0.5) is 0 Å². The number of rotatable bonds is 8. The lowest BCUT2D eigenvalue weighted by atomic mass is 9.91. The molecular weight excluding hydrogens is 827 g/mol. The van der Waals surface area contributed by atoms with E-state index in [4.69, 9.17) is 15.0 Å². The van der Waals surface area contributed by atoms with Crippen LogP contribution in [0.25, 0.3) is 123 Å². The summed E-state index contributed by atoms with van der Waals surface area (Å²) in [6.45, 7) is 0. The third-order valence-corrected chi connectivity index (χ3v) is 13.2. The molecule has 13 rings (SSSR count). The van der Waals surface area contributed by atoms with Gasteiger partial charge in [0.05, 0.1) is 22.1 Å². The van der Waals surface area contributed by atoms with Gasteiger partial charge in [0.2, 0.25) is 5.95 Å². The molecular formula is C63H41N5. The average molecular weight is 868 g/mol. The van der Waals surface area contributed by atoms with Gasteiger partial charge in [-0.2, -0.15) is 9.97 Å². The quantitative estimate of drug-likeness (QED) is 0.153. The highest BCUT2D eigenvalue weighted by molar-refractivity contribution is 6.23. The van der Waals surface area contributed by atoms with Crippen molar-refractivity contribution in [3.05, 3.63) is 249 Å². The van der Waals surface area contributed by atoms with Crippen molar-refractivity contribution in [2.24, 2.45) is 0 Å². The molecule has 3 heterocycles. The average Bonchev–Trinajstić information content (AvgIpc) is 3.95. The third kappa shape index (κ3) is 6.68. The first-order chi connectivity index (χ1) is 33.7. The Bertz CT molecular complexity index is 3930. The number of nitrogens with zero attached hydrogens (tertiary/aromatic N) is 5. The van der Waals surface area contributed by atoms with E-state index in [9.17, 15) is 0 Å². The van der Waals surface area contributed by atoms with E-state index in [0.717, 1.165) is 82.7 Å². The standard InChI is InChI=1S/C63H41N5/c1-5-19-42(20-6-1)43-33-35-44(36-34-43)48-39-49(52-28-14-13-27-51(52)45-21-7-2-8-22-45)41-50(40-48)67-57-31-17-15-29-53(57)55-37-38-56-54-30-16-18-32-58(54)68(60(56)59(55)67)63-65-61(46-23-9-3-10-24-46)64-62(66-63)47-25-11-4-12-26-47/h1-41H. The van der Waals surface area contributed by atoms with Crippen molar-refractivity contribution in [3.8, 4) is 78.9 Å². The molecule has 5 heteroatoms. The van der Waals surface area contributed by atoms with E-state index in [1.807, 2.05) is 36.4 Å². The van der Waals surface area contributed by atoms with Gasteiger partial charge in [-0.1, -0.05) is 218 Å². The summed E-state index contributed by atoms with van der Waals surface area (Å²) in [5.41, 5.74) is 16.4. The maximum absolute atomic E-state index is 5.34. The molecule has 318 valence electrons. The minimum Gasteiger partial charge on any atom is -0.307 e. The molecule has 0 aliphatic heterocycles. The maximum atomic E-state index is 5.34. The number of aromatic nitrogens is 5. The molecule has 3 aromatic heterocycles. The van der Waals surface area contributed by atoms with E-state index in [-0.39, 0.29) is 0 Å². The number of hydrogen-bond donors (Lipinski definition) is 0. The van der Waals surface area contributed by atoms with Crippen LogP contribution in [0.1, 0.15) is 0 Å². The van der Waals surface area contributed by atoms with E-state index < -0.39 is 0 Å². The zero-order valence-electron chi connectivity index (χ0n) is 36.9. The van der Waals surface area contributed by atoms with Crippen LogP contribution in [0.2, 0.25) is 0 Å². The normalized spacial score (nSPS) is 11.5. The minimum absolute atomic E-state index is 0.554. The summed E-state index contributed by atoms with van der Waals surface area (Å²) in [5.74, 6) is 1.78. The van der Waals surface area contributed by atoms with Crippen molar-refractivity contribution < 1.29 is 0 Å². The molecule has 5 nitrogen and oxygen atoms in total. The van der Waals surface area contributed by atoms with Gasteiger partial charge in [0.15, 0.2) is 11.6 Å². The van der Waals surface area contributed by atoms with Crippen LogP contribution in [0.5, 0.6) is 0 Å². The van der Waals surface area contributed by atoms with E-state index in [0.29, 0.717) is 17.6 Å². The number of fused-ring (bicyclic) bond motifs is 7. The summed E-state index contributed by atoms with van der Waals surface area (Å²) < 4.78 is 4.73. The third-order valence-electron chi connectivity index (χ3n) is 13.2. The van der Waals surface area contributed by atoms with Crippen molar-refractivity contribution in [1.82, 2.24) is 24.1 Å². The monoisotopic (exact) mass is 867 g/mol. The number of benzene rings is 10. The first kappa shape index (κ1) is 39.2. The van der Waals surface area contributed by atoms with Gasteiger partial charge in [-0.3, -0.25) is 4.57 Å². The molecule has 0 aliphatic carbocycles. The highest BCUT2D eigenvalue weighted by Gasteiger charge is 2.24. The van der Waals surface area contributed by atoms with Crippen LogP contribution < -0.4 is 0 Å². The van der Waals surface area contributed by atoms with Crippen molar-refractivity contribution in [1.29, 1.82) is 0 Å². The predicted molar refractivity (Wildman–Crippen MR) is 281 cm³/mol. The molecule has 10 aromatic carbocycles. The smallest absolute Gasteiger partial charge is 0.238 e. The second kappa shape index (κ2) is 16.4. The van der Waals surface area contributed by atoms with E-state index in [1.54, 1.807) is 0 Å². The molecule has 0 atom stereocenters. The van der Waals surface area contributed by atoms with Crippen molar-refractivity contribution in [2.75, 3.05) is 0 Å². The Morgan fingerprint density at radius 3 is 1.21 bits per heavy atom. The Morgan fingerprint density at radius 1 is 0.250 bits per heavy atom. The van der Waals surface area contributed by atoms with Gasteiger partial charge in [-0.05, 0) is 74.8 Å². The molecule has 0 bridgehead atoms. The van der Waals surface area contributed by atoms with Crippen molar-refractivity contribution in [3.63, 3.8) is 0 Å². The highest BCUT2D eigenvalue weighted by atomic mass is 15.2. The fraction of sp³-hybridized carbons (Fsp3) is 0. The Labute approximate surface area is 393 Å². The zero-order valence-corrected chi connectivity index (χ0v) is 36.9. The Kier molecular flexibility index (Phi) is 9.43. The summed E-state index contributed by atoms with van der Waals surface area (Å²) in [7, 11) is 0. The Hall–Kier alpha value is -9.19. The SMILES string of the molecule is c1ccc(-c2ccc(-c3cc(-c4ccccc4-c4ccccc4)cc(-n4c5ccccc5c5ccc6c7ccccc7n(-c7nc(-c8ccccc8)nc(-c8ccccc8)n7)c6c54)c3)cc2)cc1. The summed E-state index contributed by atoms with van der Waals surface area (Å²) in [6, 6.07) is 88.5. The van der Waals surface area contributed by atoms with Gasteiger partial charge < -0.3 is 4.57 Å². The maximum Gasteiger partial charge on any atom is 0.238 e. The first-order valence-electron chi connectivity index (χ1n) is 23.0. The fourth-order valence-corrected chi connectivity index (χ4v) is 10.0. The lowest BCUT2D eigenvalue weighted by molar-refractivity contribution is 0.953. The molecule has 13 aromatic rings. The largest absolute Gasteiger partial charge is 0.307 e. The summed E-state index contributed by atoms with van der Waals surface area (Å²) in [6.07, 6.45) is 0. The van der Waals surface area contributed by atoms with E-state index >= 15 is 0 Å². The van der Waals surface area contributed by atoms with Crippen LogP contribution in [0.15, 0.2) is 249 Å². The Balaban J connectivity index is 1.13. The zero-order chi connectivity index (χ0) is 45.0. The fourth-order valence-electron chi connectivity index (χ4n) is 10.0. The molecule has 68 heavy (non-hydrogen) atoms. The molecule has 0 N–H and O–H groups in total. The molecule has 0 amide bonds. The second-order valence-electron chi connectivity index (χ2n) is 17.2. The Morgan fingerprint density at radius 2 is 0.647 bits per heavy atom. The van der Waals surface area contributed by atoms with Gasteiger partial charge >= 0.3 is 0 Å². The van der Waals surface area contributed by atoms with Gasteiger partial charge in [-0.15, -0.1) is 0 Å². The molecule has 0 saturated carbocycles. The number of para-hydroxylation sites is 2. The second-order valence-corrected chi connectivity index (χ2v) is 17.2. The molecule has 0 unspecified atom stereocenters. The molecule has 0 fully saturated rings. The predicted octanol–water partition coefficient (Wildman–Crippen LogP) is 16.1. The summed E-state index contributed by atoms with van der Waals surface area (Å²) in [4.78, 5) is 15.8. The lowest BCUT2D eigenvalue weighted by Crippen LogP contribution is -2.07.